The van der Waals surface area contributed by atoms with Crippen molar-refractivity contribution in [1.82, 2.24) is 5.32 Å². The second kappa shape index (κ2) is 5.17. The smallest absolute Gasteiger partial charge is 0.311 e. The number of carboxylic acids is 1. The van der Waals surface area contributed by atoms with Crippen molar-refractivity contribution in [2.75, 3.05) is 0 Å². The highest BCUT2D eigenvalue weighted by atomic mass is 16.4. The van der Waals surface area contributed by atoms with Crippen molar-refractivity contribution in [2.24, 2.45) is 11.3 Å². The Morgan fingerprint density at radius 2 is 1.71 bits per heavy atom. The third kappa shape index (κ3) is 2.94. The summed E-state index contributed by atoms with van der Waals surface area (Å²) in [7, 11) is 0. The Hall–Kier alpha value is -1.84. The van der Waals surface area contributed by atoms with Crippen molar-refractivity contribution < 1.29 is 14.7 Å². The van der Waals surface area contributed by atoms with E-state index in [1.165, 1.54) is 5.56 Å². The van der Waals surface area contributed by atoms with E-state index in [0.29, 0.717) is 0 Å². The Kier molecular flexibility index (Phi) is 3.83. The van der Waals surface area contributed by atoms with Gasteiger partial charge >= 0.3 is 5.97 Å². The second-order valence-corrected chi connectivity index (χ2v) is 6.90. The highest BCUT2D eigenvalue weighted by molar-refractivity contribution is 5.85. The van der Waals surface area contributed by atoms with Gasteiger partial charge in [0.1, 0.15) is 0 Å². The normalized spacial score (nSPS) is 21.7. The minimum absolute atomic E-state index is 0.0451. The summed E-state index contributed by atoms with van der Waals surface area (Å²) in [6, 6.07) is 9.97. The molecule has 4 heteroatoms. The zero-order valence-corrected chi connectivity index (χ0v) is 13.0. The topological polar surface area (TPSA) is 66.4 Å². The number of benzene rings is 1. The summed E-state index contributed by atoms with van der Waals surface area (Å²) in [5.74, 6) is -0.752. The predicted molar refractivity (Wildman–Crippen MR) is 80.9 cm³/mol. The standard InChI is InChI=1S/C17H23NO3/c1-16(2,15(20)21)17(3,4)18-14(19)13-10-12(13)11-8-6-5-7-9-11/h5-9,12-13H,10H2,1-4H3,(H,18,19)(H,20,21)/t12-,13+/m1/s1. The molecule has 1 aromatic carbocycles. The summed E-state index contributed by atoms with van der Waals surface area (Å²) in [4.78, 5) is 23.7. The molecule has 1 fully saturated rings. The first kappa shape index (κ1) is 15.5. The maximum atomic E-state index is 12.4. The fourth-order valence-corrected chi connectivity index (χ4v) is 2.38. The van der Waals surface area contributed by atoms with Gasteiger partial charge in [-0.3, -0.25) is 9.59 Å². The van der Waals surface area contributed by atoms with Crippen LogP contribution in [-0.2, 0) is 9.59 Å². The molecule has 1 aliphatic carbocycles. The van der Waals surface area contributed by atoms with Gasteiger partial charge in [-0.15, -0.1) is 0 Å². The zero-order chi connectivity index (χ0) is 15.8. The summed E-state index contributed by atoms with van der Waals surface area (Å²) < 4.78 is 0. The average Bonchev–Trinajstić information content (AvgIpc) is 3.19. The van der Waals surface area contributed by atoms with E-state index in [4.69, 9.17) is 0 Å². The lowest BCUT2D eigenvalue weighted by atomic mass is 9.74. The summed E-state index contributed by atoms with van der Waals surface area (Å²) >= 11 is 0. The van der Waals surface area contributed by atoms with Crippen LogP contribution < -0.4 is 5.32 Å². The molecule has 1 aromatic rings. The quantitative estimate of drug-likeness (QED) is 0.876. The molecule has 0 heterocycles. The largest absolute Gasteiger partial charge is 0.481 e. The Balaban J connectivity index is 2.02. The molecule has 21 heavy (non-hydrogen) atoms. The molecule has 0 aromatic heterocycles. The maximum absolute atomic E-state index is 12.4. The number of rotatable bonds is 5. The minimum Gasteiger partial charge on any atom is -0.481 e. The number of hydrogen-bond acceptors (Lipinski definition) is 2. The fraction of sp³-hybridized carbons (Fsp3) is 0.529. The molecule has 1 aliphatic rings. The zero-order valence-electron chi connectivity index (χ0n) is 13.0. The lowest BCUT2D eigenvalue weighted by molar-refractivity contribution is -0.151. The van der Waals surface area contributed by atoms with Crippen LogP contribution in [0.5, 0.6) is 0 Å². The van der Waals surface area contributed by atoms with Gasteiger partial charge in [0, 0.05) is 11.5 Å². The van der Waals surface area contributed by atoms with Crippen molar-refractivity contribution in [3.8, 4) is 0 Å². The van der Waals surface area contributed by atoms with Gasteiger partial charge in [0.25, 0.3) is 0 Å². The van der Waals surface area contributed by atoms with Gasteiger partial charge in [-0.1, -0.05) is 30.3 Å². The number of nitrogens with one attached hydrogen (secondary N) is 1. The van der Waals surface area contributed by atoms with Crippen molar-refractivity contribution in [3.05, 3.63) is 35.9 Å². The number of carbonyl (C=O) groups is 2. The van der Waals surface area contributed by atoms with Gasteiger partial charge in [0.15, 0.2) is 0 Å². The van der Waals surface area contributed by atoms with Crippen LogP contribution in [-0.4, -0.2) is 22.5 Å². The van der Waals surface area contributed by atoms with Gasteiger partial charge in [0.05, 0.1) is 5.41 Å². The molecule has 4 nitrogen and oxygen atoms in total. The molecule has 1 saturated carbocycles. The summed E-state index contributed by atoms with van der Waals surface area (Å²) in [6.45, 7) is 6.80. The molecular weight excluding hydrogens is 266 g/mol. The first-order valence-electron chi connectivity index (χ1n) is 7.27. The molecule has 0 spiro atoms. The van der Waals surface area contributed by atoms with Gasteiger partial charge in [-0.25, -0.2) is 0 Å². The molecule has 2 atom stereocenters. The summed E-state index contributed by atoms with van der Waals surface area (Å²) in [5, 5.41) is 12.2. The van der Waals surface area contributed by atoms with Crippen LogP contribution in [0.3, 0.4) is 0 Å². The molecule has 0 unspecified atom stereocenters. The van der Waals surface area contributed by atoms with Crippen molar-refractivity contribution in [3.63, 3.8) is 0 Å². The first-order valence-corrected chi connectivity index (χ1v) is 7.27. The van der Waals surface area contributed by atoms with E-state index in [0.717, 1.165) is 6.42 Å². The van der Waals surface area contributed by atoms with E-state index in [1.807, 2.05) is 30.3 Å². The Bertz CT molecular complexity index is 548. The Labute approximate surface area is 125 Å². The molecule has 0 radical (unpaired) electrons. The van der Waals surface area contributed by atoms with E-state index in [1.54, 1.807) is 27.7 Å². The van der Waals surface area contributed by atoms with E-state index in [-0.39, 0.29) is 17.7 Å². The van der Waals surface area contributed by atoms with E-state index in [9.17, 15) is 14.7 Å². The number of carboxylic acid groups (broad SMARTS) is 1. The Morgan fingerprint density at radius 1 is 1.14 bits per heavy atom. The average molecular weight is 289 g/mol. The highest BCUT2D eigenvalue weighted by Gasteiger charge is 2.49. The van der Waals surface area contributed by atoms with Gasteiger partial charge in [-0.05, 0) is 45.6 Å². The maximum Gasteiger partial charge on any atom is 0.311 e. The number of carbonyl (C=O) groups excluding carboxylic acids is 1. The summed E-state index contributed by atoms with van der Waals surface area (Å²) in [6.07, 6.45) is 0.833. The van der Waals surface area contributed by atoms with Crippen molar-refractivity contribution >= 4 is 11.9 Å². The van der Waals surface area contributed by atoms with Gasteiger partial charge in [-0.2, -0.15) is 0 Å². The molecular formula is C17H23NO3. The van der Waals surface area contributed by atoms with Gasteiger partial charge < -0.3 is 10.4 Å². The molecule has 2 N–H and O–H groups in total. The van der Waals surface area contributed by atoms with Crippen LogP contribution in [0.2, 0.25) is 0 Å². The number of hydrogen-bond donors (Lipinski definition) is 2. The minimum atomic E-state index is -1.03. The third-order valence-corrected chi connectivity index (χ3v) is 4.89. The fourth-order valence-electron chi connectivity index (χ4n) is 2.38. The Morgan fingerprint density at radius 3 is 2.24 bits per heavy atom. The monoisotopic (exact) mass is 289 g/mol. The van der Waals surface area contributed by atoms with Crippen LogP contribution in [0.25, 0.3) is 0 Å². The highest BCUT2D eigenvalue weighted by Crippen LogP contribution is 2.48. The molecule has 0 saturated heterocycles. The number of aliphatic carboxylic acids is 1. The second-order valence-electron chi connectivity index (χ2n) is 6.90. The van der Waals surface area contributed by atoms with Crippen LogP contribution in [0, 0.1) is 11.3 Å². The molecule has 114 valence electrons. The summed E-state index contributed by atoms with van der Waals surface area (Å²) in [5.41, 5.74) is -0.660. The SMILES string of the molecule is CC(C)(NC(=O)[C@H]1C[C@@H]1c1ccccc1)C(C)(C)C(=O)O. The van der Waals surface area contributed by atoms with Crippen molar-refractivity contribution in [1.29, 1.82) is 0 Å². The first-order chi connectivity index (χ1) is 9.67. The van der Waals surface area contributed by atoms with Gasteiger partial charge in [0.2, 0.25) is 5.91 Å². The molecule has 2 rings (SSSR count). The van der Waals surface area contributed by atoms with Crippen LogP contribution in [0.15, 0.2) is 30.3 Å². The van der Waals surface area contributed by atoms with E-state index in [2.05, 4.69) is 5.32 Å². The predicted octanol–water partition coefficient (Wildman–Crippen LogP) is 2.80. The molecule has 0 bridgehead atoms. The van der Waals surface area contributed by atoms with E-state index < -0.39 is 16.9 Å². The third-order valence-electron chi connectivity index (χ3n) is 4.89. The lowest BCUT2D eigenvalue weighted by Crippen LogP contribution is -2.57. The van der Waals surface area contributed by atoms with Crippen LogP contribution in [0.1, 0.15) is 45.6 Å². The van der Waals surface area contributed by atoms with Crippen LogP contribution in [0.4, 0.5) is 0 Å². The number of amides is 1. The molecule has 1 amide bonds. The van der Waals surface area contributed by atoms with Crippen LogP contribution >= 0.6 is 0 Å². The van der Waals surface area contributed by atoms with Crippen molar-refractivity contribution in [2.45, 2.75) is 45.6 Å². The lowest BCUT2D eigenvalue weighted by Gasteiger charge is -2.38. The van der Waals surface area contributed by atoms with E-state index >= 15 is 0 Å². The molecule has 0 aliphatic heterocycles.